The summed E-state index contributed by atoms with van der Waals surface area (Å²) in [6.07, 6.45) is 5.88. The molecule has 3 heteroatoms. The molecule has 0 aliphatic rings. The van der Waals surface area contributed by atoms with Gasteiger partial charge in [-0.2, -0.15) is 0 Å². The van der Waals surface area contributed by atoms with Crippen molar-refractivity contribution in [1.29, 1.82) is 0 Å². The summed E-state index contributed by atoms with van der Waals surface area (Å²) in [6, 6.07) is 0.333. The van der Waals surface area contributed by atoms with Crippen LogP contribution in [0.1, 0.15) is 59.3 Å². The maximum absolute atomic E-state index is 10.0. The third-order valence-electron chi connectivity index (χ3n) is 1.49. The van der Waals surface area contributed by atoms with Gasteiger partial charge in [0.2, 0.25) is 0 Å². The van der Waals surface area contributed by atoms with Gasteiger partial charge in [0, 0.05) is 6.42 Å². The summed E-state index contributed by atoms with van der Waals surface area (Å²) in [7, 11) is 0. The Kier molecular flexibility index (Phi) is 14.1. The molecule has 0 bridgehead atoms. The van der Waals surface area contributed by atoms with Crippen molar-refractivity contribution in [3.05, 3.63) is 0 Å². The summed E-state index contributed by atoms with van der Waals surface area (Å²) in [4.78, 5) is 10.0. The van der Waals surface area contributed by atoms with Gasteiger partial charge in [0.1, 0.15) is 0 Å². The number of hydrogen-bond donors (Lipinski definition) is 2. The molecule has 0 spiro atoms. The maximum atomic E-state index is 10.0. The highest BCUT2D eigenvalue weighted by Gasteiger charge is 1.94. The molecule has 14 heavy (non-hydrogen) atoms. The Bertz CT molecular complexity index is 122. The van der Waals surface area contributed by atoms with Gasteiger partial charge in [0.25, 0.3) is 0 Å². The molecule has 0 saturated carbocycles. The lowest BCUT2D eigenvalue weighted by molar-refractivity contribution is -0.137. The predicted molar refractivity (Wildman–Crippen MR) is 60.3 cm³/mol. The monoisotopic (exact) mass is 203 g/mol. The zero-order valence-corrected chi connectivity index (χ0v) is 9.75. The molecule has 0 rings (SSSR count). The van der Waals surface area contributed by atoms with Gasteiger partial charge >= 0.3 is 5.97 Å². The van der Waals surface area contributed by atoms with Crippen molar-refractivity contribution < 1.29 is 9.90 Å². The van der Waals surface area contributed by atoms with E-state index in [2.05, 4.69) is 6.92 Å². The molecule has 0 aromatic heterocycles. The van der Waals surface area contributed by atoms with E-state index >= 15 is 0 Å². The third-order valence-corrected chi connectivity index (χ3v) is 1.49. The molecule has 0 radical (unpaired) electrons. The number of carbonyl (C=O) groups is 1. The third kappa shape index (κ3) is 30.1. The number of carboxylic acids is 1. The average Bonchev–Trinajstić information content (AvgIpc) is 2.02. The summed E-state index contributed by atoms with van der Waals surface area (Å²) in [5.41, 5.74) is 5.11. The Labute approximate surface area is 87.7 Å². The summed E-state index contributed by atoms with van der Waals surface area (Å²) >= 11 is 0. The van der Waals surface area contributed by atoms with E-state index in [1.165, 1.54) is 19.3 Å². The first-order valence-corrected chi connectivity index (χ1v) is 5.48. The first-order chi connectivity index (χ1) is 6.50. The Morgan fingerprint density at radius 3 is 2.00 bits per heavy atom. The fourth-order valence-corrected chi connectivity index (χ4v) is 0.880. The van der Waals surface area contributed by atoms with Crippen molar-refractivity contribution in [3.63, 3.8) is 0 Å². The molecule has 0 aromatic carbocycles. The van der Waals surface area contributed by atoms with E-state index in [0.29, 0.717) is 12.5 Å². The van der Waals surface area contributed by atoms with Crippen molar-refractivity contribution in [2.75, 3.05) is 0 Å². The van der Waals surface area contributed by atoms with Crippen LogP contribution in [0.5, 0.6) is 0 Å². The quantitative estimate of drug-likeness (QED) is 0.652. The van der Waals surface area contributed by atoms with E-state index in [0.717, 1.165) is 12.8 Å². The number of hydrogen-bond acceptors (Lipinski definition) is 2. The van der Waals surface area contributed by atoms with Gasteiger partial charge in [0.15, 0.2) is 0 Å². The molecule has 0 aliphatic carbocycles. The van der Waals surface area contributed by atoms with Gasteiger partial charge < -0.3 is 10.8 Å². The van der Waals surface area contributed by atoms with Crippen molar-refractivity contribution in [2.45, 2.75) is 65.3 Å². The van der Waals surface area contributed by atoms with Gasteiger partial charge in [-0.15, -0.1) is 0 Å². The number of aliphatic carboxylic acids is 1. The van der Waals surface area contributed by atoms with Crippen LogP contribution in [0, 0.1) is 0 Å². The van der Waals surface area contributed by atoms with Crippen molar-refractivity contribution in [3.8, 4) is 0 Å². The van der Waals surface area contributed by atoms with E-state index in [1.807, 2.05) is 13.8 Å². The fraction of sp³-hybridized carbons (Fsp3) is 0.909. The smallest absolute Gasteiger partial charge is 0.303 e. The lowest BCUT2D eigenvalue weighted by Crippen LogP contribution is -2.06. The largest absolute Gasteiger partial charge is 0.481 e. The maximum Gasteiger partial charge on any atom is 0.303 e. The first kappa shape index (κ1) is 15.9. The molecular formula is C11H25NO2. The SMILES string of the molecule is CC(C)N.CCCCCCCC(=O)O. The highest BCUT2D eigenvalue weighted by atomic mass is 16.4. The highest BCUT2D eigenvalue weighted by Crippen LogP contribution is 2.04. The second kappa shape index (κ2) is 12.4. The minimum Gasteiger partial charge on any atom is -0.481 e. The van der Waals surface area contributed by atoms with E-state index in [1.54, 1.807) is 0 Å². The zero-order chi connectivity index (χ0) is 11.4. The van der Waals surface area contributed by atoms with Crippen LogP contribution in [0.25, 0.3) is 0 Å². The van der Waals surface area contributed by atoms with Crippen molar-refractivity contribution in [2.24, 2.45) is 5.73 Å². The van der Waals surface area contributed by atoms with Crippen LogP contribution >= 0.6 is 0 Å². The van der Waals surface area contributed by atoms with E-state index in [-0.39, 0.29) is 0 Å². The molecule has 0 unspecified atom stereocenters. The Hall–Kier alpha value is -0.570. The van der Waals surface area contributed by atoms with E-state index in [9.17, 15) is 4.79 Å². The molecule has 0 fully saturated rings. The van der Waals surface area contributed by atoms with Gasteiger partial charge in [-0.25, -0.2) is 0 Å². The van der Waals surface area contributed by atoms with Gasteiger partial charge in [-0.1, -0.05) is 46.5 Å². The Balaban J connectivity index is 0. The molecule has 0 heterocycles. The van der Waals surface area contributed by atoms with Crippen LogP contribution in [-0.4, -0.2) is 17.1 Å². The van der Waals surface area contributed by atoms with Crippen LogP contribution in [0.4, 0.5) is 0 Å². The Morgan fingerprint density at radius 1 is 1.21 bits per heavy atom. The van der Waals surface area contributed by atoms with Crippen LogP contribution in [0.2, 0.25) is 0 Å². The van der Waals surface area contributed by atoms with Gasteiger partial charge in [-0.3, -0.25) is 4.79 Å². The van der Waals surface area contributed by atoms with E-state index in [4.69, 9.17) is 10.8 Å². The standard InChI is InChI=1S/C8H16O2.C3H9N/c1-2-3-4-5-6-7-8(9)10;1-3(2)4/h2-7H2,1H3,(H,9,10);3H,4H2,1-2H3. The first-order valence-electron chi connectivity index (χ1n) is 5.48. The molecule has 3 nitrogen and oxygen atoms in total. The molecule has 3 N–H and O–H groups in total. The molecule has 0 aliphatic heterocycles. The second-order valence-electron chi connectivity index (χ2n) is 3.80. The number of carboxylic acid groups (broad SMARTS) is 1. The number of unbranched alkanes of at least 4 members (excludes halogenated alkanes) is 4. The number of rotatable bonds is 6. The van der Waals surface area contributed by atoms with Crippen LogP contribution in [0.15, 0.2) is 0 Å². The summed E-state index contributed by atoms with van der Waals surface area (Å²) in [5.74, 6) is -0.670. The normalized spacial score (nSPS) is 9.50. The van der Waals surface area contributed by atoms with Crippen LogP contribution in [0.3, 0.4) is 0 Å². The van der Waals surface area contributed by atoms with Crippen molar-refractivity contribution >= 4 is 5.97 Å². The topological polar surface area (TPSA) is 63.3 Å². The highest BCUT2D eigenvalue weighted by molar-refractivity contribution is 5.66. The number of nitrogens with two attached hydrogens (primary N) is 1. The lowest BCUT2D eigenvalue weighted by atomic mass is 10.1. The summed E-state index contributed by atoms with van der Waals surface area (Å²) in [6.45, 7) is 6.04. The molecule has 86 valence electrons. The minimum absolute atomic E-state index is 0.333. The minimum atomic E-state index is -0.670. The van der Waals surface area contributed by atoms with E-state index < -0.39 is 5.97 Å². The average molecular weight is 203 g/mol. The van der Waals surface area contributed by atoms with Crippen molar-refractivity contribution in [1.82, 2.24) is 0 Å². The second-order valence-corrected chi connectivity index (χ2v) is 3.80. The molecule has 0 amide bonds. The summed E-state index contributed by atoms with van der Waals surface area (Å²) in [5, 5.41) is 8.27. The molecular weight excluding hydrogens is 178 g/mol. The van der Waals surface area contributed by atoms with Gasteiger partial charge in [0.05, 0.1) is 0 Å². The Morgan fingerprint density at radius 2 is 1.64 bits per heavy atom. The molecule has 0 atom stereocenters. The fourth-order valence-electron chi connectivity index (χ4n) is 0.880. The molecule has 0 saturated heterocycles. The predicted octanol–water partition coefficient (Wildman–Crippen LogP) is 2.79. The molecule has 0 aromatic rings. The van der Waals surface area contributed by atoms with Crippen LogP contribution in [-0.2, 0) is 4.79 Å². The summed E-state index contributed by atoms with van der Waals surface area (Å²) < 4.78 is 0. The zero-order valence-electron chi connectivity index (χ0n) is 9.75. The lowest BCUT2D eigenvalue weighted by Gasteiger charge is -1.95. The van der Waals surface area contributed by atoms with Crippen LogP contribution < -0.4 is 5.73 Å². The van der Waals surface area contributed by atoms with Gasteiger partial charge in [-0.05, 0) is 12.5 Å².